The van der Waals surface area contributed by atoms with Gasteiger partial charge in [0.05, 0.1) is 25.9 Å². The van der Waals surface area contributed by atoms with Gasteiger partial charge >= 0.3 is 29.8 Å². The van der Waals surface area contributed by atoms with Crippen molar-refractivity contribution in [1.29, 1.82) is 0 Å². The molecule has 6 unspecified atom stereocenters. The van der Waals surface area contributed by atoms with E-state index in [4.69, 9.17) is 43.6 Å². The number of carbonyl (C=O) groups is 9. The normalized spacial score (nSPS) is 14.9. The van der Waals surface area contributed by atoms with Crippen LogP contribution in [0, 0.1) is 0 Å². The monoisotopic (exact) mass is 1150 g/mol. The predicted octanol–water partition coefficient (Wildman–Crippen LogP) is 3.28. The summed E-state index contributed by atoms with van der Waals surface area (Å²) in [7, 11) is 0. The van der Waals surface area contributed by atoms with Crippen molar-refractivity contribution in [2.24, 2.45) is 5.73 Å². The van der Waals surface area contributed by atoms with Crippen LogP contribution in [0.15, 0.2) is 121 Å². The number of amides is 4. The molecule has 0 aromatic heterocycles. The number of esters is 5. The van der Waals surface area contributed by atoms with Crippen LogP contribution in [-0.4, -0.2) is 135 Å². The molecule has 83 heavy (non-hydrogen) atoms. The van der Waals surface area contributed by atoms with Crippen molar-refractivity contribution in [3.05, 3.63) is 144 Å². The minimum atomic E-state index is -1.49. The molecule has 1 aliphatic rings. The molecule has 7 N–H and O–H groups in total. The third-order valence-corrected chi connectivity index (χ3v) is 12.2. The average molecular weight is 1150 g/mol. The van der Waals surface area contributed by atoms with Crippen molar-refractivity contribution in [3.8, 4) is 0 Å². The highest BCUT2D eigenvalue weighted by Crippen LogP contribution is 2.24. The third-order valence-electron chi connectivity index (χ3n) is 12.2. The number of epoxide rings is 1. The molecule has 5 rings (SSSR count). The molecule has 1 fully saturated rings. The topological polar surface area (TPSA) is 317 Å². The van der Waals surface area contributed by atoms with Gasteiger partial charge in [-0.15, -0.1) is 0 Å². The average Bonchev–Trinajstić information content (AvgIpc) is 4.44. The Bertz CT molecular complexity index is 2680. The van der Waals surface area contributed by atoms with Crippen molar-refractivity contribution in [2.75, 3.05) is 39.5 Å². The first-order valence-corrected chi connectivity index (χ1v) is 27.4. The van der Waals surface area contributed by atoms with Crippen LogP contribution in [0.3, 0.4) is 0 Å². The molecule has 23 nitrogen and oxygen atoms in total. The Morgan fingerprint density at radius 2 is 0.964 bits per heavy atom. The van der Waals surface area contributed by atoms with Crippen molar-refractivity contribution >= 4 is 53.5 Å². The van der Waals surface area contributed by atoms with Crippen molar-refractivity contribution < 1.29 is 81.0 Å². The zero-order valence-corrected chi connectivity index (χ0v) is 47.0. The van der Waals surface area contributed by atoms with Gasteiger partial charge in [0.25, 0.3) is 0 Å². The lowest BCUT2D eigenvalue weighted by molar-refractivity contribution is -0.155. The van der Waals surface area contributed by atoms with Gasteiger partial charge < -0.3 is 64.9 Å². The van der Waals surface area contributed by atoms with Gasteiger partial charge in [-0.05, 0) is 62.3 Å². The summed E-state index contributed by atoms with van der Waals surface area (Å²) in [5, 5.41) is 13.3. The molecule has 4 amide bonds. The van der Waals surface area contributed by atoms with E-state index in [1.807, 2.05) is 12.1 Å². The van der Waals surface area contributed by atoms with Crippen LogP contribution in [0.25, 0.3) is 0 Å². The highest BCUT2D eigenvalue weighted by atomic mass is 16.6. The van der Waals surface area contributed by atoms with E-state index < -0.39 is 96.3 Å². The molecular formula is C60H76N6O17. The van der Waals surface area contributed by atoms with Gasteiger partial charge in [0, 0.05) is 32.2 Å². The van der Waals surface area contributed by atoms with Gasteiger partial charge in [0.15, 0.2) is 0 Å². The number of hydrogen-bond acceptors (Lipinski definition) is 19. The standard InChI is InChI=1S/C60H76N6O17/c1-60(2,3)83-54(71)35-63-55(72)45(61)34-49-57(82-49)62-30-31-76-32-33-77-40-51(68)64-46(56(73)66-48(59(75)81-39-44-22-14-7-15-23-44)26-29-53(70)79-37-42-18-10-5-11-19-42)24-27-50(67)65-47(58(74)80-38-43-20-12-6-13-21-43)25-28-52(69)78-36-41-16-8-4-9-17-41/h4-23,45-49,57,62H,24-40,61H2,1-3H3,(H,63,72)(H,64,68)(H,65,67)(H,66,73). The van der Waals surface area contributed by atoms with E-state index in [2.05, 4.69) is 26.6 Å². The zero-order chi connectivity index (χ0) is 59.8. The number of benzene rings is 4. The summed E-state index contributed by atoms with van der Waals surface area (Å²) in [5.41, 5.74) is 8.12. The lowest BCUT2D eigenvalue weighted by Gasteiger charge is -2.23. The number of nitrogens with two attached hydrogens (primary N) is 1. The molecule has 0 bridgehead atoms. The first-order valence-electron chi connectivity index (χ1n) is 27.4. The highest BCUT2D eigenvalue weighted by Gasteiger charge is 2.40. The zero-order valence-electron chi connectivity index (χ0n) is 47.0. The maximum Gasteiger partial charge on any atom is 0.328 e. The van der Waals surface area contributed by atoms with Gasteiger partial charge in [-0.25, -0.2) is 9.59 Å². The molecule has 4 aromatic rings. The Balaban J connectivity index is 1.16. The fourth-order valence-corrected chi connectivity index (χ4v) is 7.81. The van der Waals surface area contributed by atoms with Crippen LogP contribution in [0.5, 0.6) is 0 Å². The second-order valence-corrected chi connectivity index (χ2v) is 20.3. The molecule has 23 heteroatoms. The smallest absolute Gasteiger partial charge is 0.328 e. The number of ether oxygens (including phenoxy) is 8. The minimum absolute atomic E-state index is 0.00679. The first-order chi connectivity index (χ1) is 39.9. The third kappa shape index (κ3) is 27.5. The molecule has 0 saturated carbocycles. The SMILES string of the molecule is CC(C)(C)OC(=O)CNC(=O)C(N)CC1OC1NCCOCCOCC(=O)NC(CCC(=O)NC(CCC(=O)OCc1ccccc1)C(=O)OCc1ccccc1)C(=O)NC(CCC(=O)OCc1ccccc1)C(=O)OCc1ccccc1. The van der Waals surface area contributed by atoms with Gasteiger partial charge in [-0.2, -0.15) is 0 Å². The van der Waals surface area contributed by atoms with Crippen molar-refractivity contribution in [3.63, 3.8) is 0 Å². The number of nitrogens with one attached hydrogen (secondary N) is 5. The Labute approximate surface area is 482 Å². The molecule has 0 aliphatic carbocycles. The molecule has 1 saturated heterocycles. The second-order valence-electron chi connectivity index (χ2n) is 20.3. The number of rotatable bonds is 37. The van der Waals surface area contributed by atoms with E-state index in [1.54, 1.807) is 130 Å². The molecule has 6 atom stereocenters. The summed E-state index contributed by atoms with van der Waals surface area (Å²) < 4.78 is 43.8. The molecule has 4 aromatic carbocycles. The second kappa shape index (κ2) is 35.7. The Morgan fingerprint density at radius 1 is 0.518 bits per heavy atom. The summed E-state index contributed by atoms with van der Waals surface area (Å²) in [6.07, 6.45) is -2.33. The molecule has 0 radical (unpaired) electrons. The molecule has 448 valence electrons. The highest BCUT2D eigenvalue weighted by molar-refractivity contribution is 5.92. The molecule has 1 heterocycles. The molecule has 1 aliphatic heterocycles. The Hall–Kier alpha value is -8.09. The van der Waals surface area contributed by atoms with Crippen LogP contribution in [-0.2, 0) is 107 Å². The largest absolute Gasteiger partial charge is 0.461 e. The maximum absolute atomic E-state index is 14.2. The lowest BCUT2D eigenvalue weighted by atomic mass is 10.1. The van der Waals surface area contributed by atoms with Gasteiger partial charge in [-0.1, -0.05) is 121 Å². The minimum Gasteiger partial charge on any atom is -0.461 e. The Morgan fingerprint density at radius 3 is 1.46 bits per heavy atom. The summed E-state index contributed by atoms with van der Waals surface area (Å²) >= 11 is 0. The van der Waals surface area contributed by atoms with E-state index in [-0.39, 0.29) is 104 Å². The van der Waals surface area contributed by atoms with Crippen LogP contribution >= 0.6 is 0 Å². The fourth-order valence-electron chi connectivity index (χ4n) is 7.81. The van der Waals surface area contributed by atoms with E-state index in [0.717, 1.165) is 11.1 Å². The maximum atomic E-state index is 14.2. The van der Waals surface area contributed by atoms with E-state index >= 15 is 0 Å². The first kappa shape index (κ1) is 65.7. The molecule has 0 spiro atoms. The number of carbonyl (C=O) groups excluding carboxylic acids is 9. The van der Waals surface area contributed by atoms with E-state index in [9.17, 15) is 43.2 Å². The van der Waals surface area contributed by atoms with E-state index in [0.29, 0.717) is 17.7 Å². The predicted molar refractivity (Wildman–Crippen MR) is 298 cm³/mol. The van der Waals surface area contributed by atoms with Gasteiger partial charge in [0.2, 0.25) is 23.6 Å². The Kier molecular flexibility index (Phi) is 28.3. The summed E-state index contributed by atoms with van der Waals surface area (Å²) in [5.74, 6) is -6.53. The van der Waals surface area contributed by atoms with Crippen LogP contribution in [0.4, 0.5) is 0 Å². The summed E-state index contributed by atoms with van der Waals surface area (Å²) in [6, 6.07) is 30.4. The van der Waals surface area contributed by atoms with Crippen LogP contribution < -0.4 is 32.3 Å². The van der Waals surface area contributed by atoms with Crippen molar-refractivity contribution in [2.45, 2.75) is 134 Å². The van der Waals surface area contributed by atoms with Gasteiger partial charge in [0.1, 0.15) is 75.6 Å². The van der Waals surface area contributed by atoms with Gasteiger partial charge in [-0.3, -0.25) is 38.9 Å². The fraction of sp³-hybridized carbons (Fsp3) is 0.450. The van der Waals surface area contributed by atoms with Crippen molar-refractivity contribution in [1.82, 2.24) is 26.6 Å². The van der Waals surface area contributed by atoms with Crippen LogP contribution in [0.1, 0.15) is 88.0 Å². The quantitative estimate of drug-likeness (QED) is 0.0163. The summed E-state index contributed by atoms with van der Waals surface area (Å²) in [6.45, 7) is 4.58. The summed E-state index contributed by atoms with van der Waals surface area (Å²) in [4.78, 5) is 119. The van der Waals surface area contributed by atoms with E-state index in [1.165, 1.54) is 0 Å². The number of hydrogen-bond donors (Lipinski definition) is 6. The van der Waals surface area contributed by atoms with Crippen LogP contribution in [0.2, 0.25) is 0 Å². The lowest BCUT2D eigenvalue weighted by Crippen LogP contribution is -2.53. The molecular weight excluding hydrogens is 1080 g/mol.